The predicted octanol–water partition coefficient (Wildman–Crippen LogP) is 4.98. The molecule has 1 amide bonds. The number of cyclic esters (lactones) is 1. The number of nitrogens with zero attached hydrogens (tertiary/aromatic N) is 3. The van der Waals surface area contributed by atoms with Crippen LogP contribution in [0.3, 0.4) is 0 Å². The highest BCUT2D eigenvalue weighted by molar-refractivity contribution is 5.95. The van der Waals surface area contributed by atoms with Gasteiger partial charge in [-0.2, -0.15) is 23.0 Å². The summed E-state index contributed by atoms with van der Waals surface area (Å²) in [6, 6.07) is 10.1. The second-order valence-electron chi connectivity index (χ2n) is 9.01. The van der Waals surface area contributed by atoms with Crippen molar-refractivity contribution < 1.29 is 27.5 Å². The minimum absolute atomic E-state index is 0.0403. The van der Waals surface area contributed by atoms with E-state index in [4.69, 9.17) is 4.74 Å². The van der Waals surface area contributed by atoms with Gasteiger partial charge in [-0.3, -0.25) is 4.79 Å². The van der Waals surface area contributed by atoms with Crippen molar-refractivity contribution in [1.82, 2.24) is 9.78 Å². The van der Waals surface area contributed by atoms with Gasteiger partial charge in [-0.05, 0) is 56.7 Å². The zero-order chi connectivity index (χ0) is 25.0. The number of nitrogens with one attached hydrogen (secondary N) is 2. The molecule has 2 N–H and O–H groups in total. The molecule has 1 aromatic heterocycles. The van der Waals surface area contributed by atoms with Crippen LogP contribution in [0.4, 0.5) is 35.0 Å². The normalized spacial score (nSPS) is 18.9. The Morgan fingerprint density at radius 2 is 1.91 bits per heavy atom. The maximum absolute atomic E-state index is 12.5. The number of hydrogen-bond acceptors (Lipinski definition) is 6. The Balaban J connectivity index is 1.32. The Kier molecular flexibility index (Phi) is 5.22. The second-order valence-corrected chi connectivity index (χ2v) is 9.01. The summed E-state index contributed by atoms with van der Waals surface area (Å²) >= 11 is 0. The summed E-state index contributed by atoms with van der Waals surface area (Å²) < 4.78 is 44.2. The molecule has 5 rings (SSSR count). The minimum atomic E-state index is -4.94. The summed E-state index contributed by atoms with van der Waals surface area (Å²) in [4.78, 5) is 25.3. The average Bonchev–Trinajstić information content (AvgIpc) is 3.22. The quantitative estimate of drug-likeness (QED) is 0.542. The fourth-order valence-corrected chi connectivity index (χ4v) is 4.36. The lowest BCUT2D eigenvalue weighted by molar-refractivity contribution is -0.167. The molecule has 182 valence electrons. The minimum Gasteiger partial charge on any atom is -0.437 e. The second kappa shape index (κ2) is 8.03. The molecule has 1 unspecified atom stereocenters. The number of benzene rings is 2. The van der Waals surface area contributed by atoms with Crippen molar-refractivity contribution in [3.63, 3.8) is 0 Å². The van der Waals surface area contributed by atoms with E-state index in [-0.39, 0.29) is 11.7 Å². The number of anilines is 3. The van der Waals surface area contributed by atoms with Crippen LogP contribution < -0.4 is 15.5 Å². The SMILES string of the molecule is CC1(C)OC(=O)n2ncc3cc(NC4CC=CN(c5ccc(NC(=O)C(F)(F)F)cc5)C4)cc1c32. The molecule has 1 atom stereocenters. The number of carbonyl (C=O) groups excluding carboxylic acids is 2. The Hall–Kier alpha value is -4.02. The number of amides is 1. The fraction of sp³-hybridized carbons (Fsp3) is 0.292. The number of alkyl halides is 3. The van der Waals surface area contributed by atoms with E-state index in [0.29, 0.717) is 6.54 Å². The van der Waals surface area contributed by atoms with Gasteiger partial charge in [0.2, 0.25) is 0 Å². The largest absolute Gasteiger partial charge is 0.471 e. The molecule has 2 aliphatic heterocycles. The lowest BCUT2D eigenvalue weighted by Gasteiger charge is -2.33. The molecule has 0 aliphatic carbocycles. The first-order valence-corrected chi connectivity index (χ1v) is 10.9. The Bertz CT molecular complexity index is 1340. The predicted molar refractivity (Wildman–Crippen MR) is 124 cm³/mol. The molecule has 0 saturated carbocycles. The summed E-state index contributed by atoms with van der Waals surface area (Å²) in [6.07, 6.45) is 0.883. The third-order valence-corrected chi connectivity index (χ3v) is 6.04. The first-order valence-electron chi connectivity index (χ1n) is 10.9. The van der Waals surface area contributed by atoms with Gasteiger partial charge in [-0.25, -0.2) is 4.79 Å². The van der Waals surface area contributed by atoms with Crippen molar-refractivity contribution in [2.45, 2.75) is 38.1 Å². The first-order chi connectivity index (χ1) is 16.5. The van der Waals surface area contributed by atoms with Crippen molar-refractivity contribution in [3.8, 4) is 0 Å². The number of halogens is 3. The molecule has 2 aliphatic rings. The molecule has 8 nitrogen and oxygen atoms in total. The van der Waals surface area contributed by atoms with Crippen molar-refractivity contribution in [3.05, 3.63) is 60.4 Å². The van der Waals surface area contributed by atoms with Crippen LogP contribution in [0, 0.1) is 0 Å². The topological polar surface area (TPSA) is 88.5 Å². The highest BCUT2D eigenvalue weighted by Crippen LogP contribution is 2.38. The highest BCUT2D eigenvalue weighted by atomic mass is 19.4. The summed E-state index contributed by atoms with van der Waals surface area (Å²) in [5, 5.41) is 10.4. The van der Waals surface area contributed by atoms with Gasteiger partial charge in [0.1, 0.15) is 5.60 Å². The van der Waals surface area contributed by atoms with Gasteiger partial charge >= 0.3 is 18.2 Å². The zero-order valence-corrected chi connectivity index (χ0v) is 18.9. The van der Waals surface area contributed by atoms with Gasteiger partial charge in [-0.15, -0.1) is 0 Å². The highest BCUT2D eigenvalue weighted by Gasteiger charge is 2.39. The van der Waals surface area contributed by atoms with Crippen LogP contribution in [0.1, 0.15) is 25.8 Å². The maximum atomic E-state index is 12.5. The molecule has 3 heterocycles. The molecule has 2 aromatic carbocycles. The van der Waals surface area contributed by atoms with Gasteiger partial charge in [0, 0.05) is 46.8 Å². The number of rotatable bonds is 4. The molecule has 0 fully saturated rings. The monoisotopic (exact) mass is 485 g/mol. The summed E-state index contributed by atoms with van der Waals surface area (Å²) in [5.74, 6) is -2.01. The van der Waals surface area contributed by atoms with Gasteiger partial charge in [0.15, 0.2) is 0 Å². The third-order valence-electron chi connectivity index (χ3n) is 6.04. The summed E-state index contributed by atoms with van der Waals surface area (Å²) in [6.45, 7) is 4.29. The lowest BCUT2D eigenvalue weighted by atomic mass is 9.94. The lowest BCUT2D eigenvalue weighted by Crippen LogP contribution is -2.37. The van der Waals surface area contributed by atoms with Crippen LogP contribution in [0.25, 0.3) is 10.9 Å². The van der Waals surface area contributed by atoms with Crippen molar-refractivity contribution >= 4 is 40.0 Å². The van der Waals surface area contributed by atoms with E-state index in [1.807, 2.05) is 48.5 Å². The van der Waals surface area contributed by atoms with Crippen molar-refractivity contribution in [1.29, 1.82) is 0 Å². The number of carbonyl (C=O) groups is 2. The Morgan fingerprint density at radius 3 is 2.63 bits per heavy atom. The van der Waals surface area contributed by atoms with E-state index >= 15 is 0 Å². The molecule has 0 bridgehead atoms. The molecule has 0 spiro atoms. The maximum Gasteiger partial charge on any atom is 0.471 e. The van der Waals surface area contributed by atoms with Gasteiger partial charge in [0.05, 0.1) is 11.7 Å². The van der Waals surface area contributed by atoms with E-state index in [9.17, 15) is 22.8 Å². The molecule has 0 radical (unpaired) electrons. The van der Waals surface area contributed by atoms with E-state index < -0.39 is 23.8 Å². The van der Waals surface area contributed by atoms with Crippen LogP contribution in [0.15, 0.2) is 54.9 Å². The number of ether oxygens (including phenoxy) is 1. The van der Waals surface area contributed by atoms with E-state index in [0.717, 1.165) is 34.3 Å². The third kappa shape index (κ3) is 4.29. The average molecular weight is 485 g/mol. The van der Waals surface area contributed by atoms with Crippen molar-refractivity contribution in [2.75, 3.05) is 22.1 Å². The van der Waals surface area contributed by atoms with Crippen LogP contribution in [-0.2, 0) is 15.1 Å². The van der Waals surface area contributed by atoms with E-state index in [1.54, 1.807) is 18.3 Å². The standard InChI is InChI=1S/C24H22F3N5O3/c1-23(2)19-11-17(10-14-12-28-32(20(14)19)22(34)35-23)29-16-4-3-9-31(13-16)18-7-5-15(6-8-18)30-21(33)24(25,26)27/h3,5-12,16,29H,4,13H2,1-2H3,(H,30,33). The van der Waals surface area contributed by atoms with Crippen LogP contribution in [-0.4, -0.2) is 40.5 Å². The molecule has 35 heavy (non-hydrogen) atoms. The fourth-order valence-electron chi connectivity index (χ4n) is 4.36. The van der Waals surface area contributed by atoms with Crippen LogP contribution >= 0.6 is 0 Å². The van der Waals surface area contributed by atoms with Crippen LogP contribution in [0.5, 0.6) is 0 Å². The Labute approximate surface area is 198 Å². The van der Waals surface area contributed by atoms with E-state index in [1.165, 1.54) is 16.8 Å². The van der Waals surface area contributed by atoms with E-state index in [2.05, 4.69) is 10.4 Å². The first kappa shape index (κ1) is 22.8. The summed E-state index contributed by atoms with van der Waals surface area (Å²) in [5.41, 5.74) is 2.50. The van der Waals surface area contributed by atoms with Crippen molar-refractivity contribution in [2.24, 2.45) is 0 Å². The van der Waals surface area contributed by atoms with Gasteiger partial charge < -0.3 is 20.3 Å². The van der Waals surface area contributed by atoms with Gasteiger partial charge in [0.25, 0.3) is 0 Å². The molecular weight excluding hydrogens is 463 g/mol. The molecule has 11 heteroatoms. The number of aromatic nitrogens is 2. The summed E-state index contributed by atoms with van der Waals surface area (Å²) in [7, 11) is 0. The molecule has 3 aromatic rings. The molecule has 0 saturated heterocycles. The van der Waals surface area contributed by atoms with Crippen LogP contribution in [0.2, 0.25) is 0 Å². The van der Waals surface area contributed by atoms with Gasteiger partial charge in [-0.1, -0.05) is 6.08 Å². The Morgan fingerprint density at radius 1 is 1.17 bits per heavy atom. The number of hydrogen-bond donors (Lipinski definition) is 2. The zero-order valence-electron chi connectivity index (χ0n) is 18.9. The smallest absolute Gasteiger partial charge is 0.437 e. The molecular formula is C24H22F3N5O3.